The van der Waals surface area contributed by atoms with Crippen molar-refractivity contribution in [2.75, 3.05) is 12.4 Å². The van der Waals surface area contributed by atoms with Gasteiger partial charge in [-0.3, -0.25) is 14.9 Å². The van der Waals surface area contributed by atoms with Gasteiger partial charge in [0.25, 0.3) is 5.69 Å². The average Bonchev–Trinajstić information content (AvgIpc) is 2.75. The molecule has 8 heteroatoms. The van der Waals surface area contributed by atoms with Crippen molar-refractivity contribution in [2.24, 2.45) is 0 Å². The number of anilines is 1. The van der Waals surface area contributed by atoms with E-state index < -0.39 is 10.8 Å². The number of hydrogen-bond acceptors (Lipinski definition) is 5. The lowest BCUT2D eigenvalue weighted by Gasteiger charge is -2.19. The summed E-state index contributed by atoms with van der Waals surface area (Å²) in [6, 6.07) is 22.8. The van der Waals surface area contributed by atoms with Crippen LogP contribution in [0.15, 0.2) is 78.9 Å². The Kier molecular flexibility index (Phi) is 6.71. The van der Waals surface area contributed by atoms with Gasteiger partial charge in [-0.05, 0) is 29.4 Å². The number of nitro groups is 1. The number of hydrogen-bond donors (Lipinski definition) is 2. The molecule has 0 bridgehead atoms. The van der Waals surface area contributed by atoms with Gasteiger partial charge in [-0.15, -0.1) is 0 Å². The lowest BCUT2D eigenvalue weighted by molar-refractivity contribution is -0.384. The van der Waals surface area contributed by atoms with Gasteiger partial charge in [0.15, 0.2) is 5.11 Å². The zero-order valence-electron chi connectivity index (χ0n) is 16.1. The molecule has 0 aliphatic rings. The summed E-state index contributed by atoms with van der Waals surface area (Å²) < 4.78 is 5.21. The van der Waals surface area contributed by atoms with Crippen LogP contribution >= 0.6 is 12.2 Å². The van der Waals surface area contributed by atoms with Crippen LogP contribution in [0.3, 0.4) is 0 Å². The van der Waals surface area contributed by atoms with E-state index in [1.807, 2.05) is 60.7 Å². The molecule has 3 rings (SSSR count). The van der Waals surface area contributed by atoms with Crippen LogP contribution in [-0.4, -0.2) is 23.1 Å². The highest BCUT2D eigenvalue weighted by atomic mass is 32.1. The van der Waals surface area contributed by atoms with Gasteiger partial charge in [0.2, 0.25) is 5.91 Å². The summed E-state index contributed by atoms with van der Waals surface area (Å²) in [4.78, 5) is 23.6. The second-order valence-corrected chi connectivity index (χ2v) is 6.75. The number of nitrogens with one attached hydrogen (secondary N) is 2. The summed E-state index contributed by atoms with van der Waals surface area (Å²) in [6.45, 7) is 0. The van der Waals surface area contributed by atoms with Gasteiger partial charge in [0.1, 0.15) is 5.75 Å². The predicted molar refractivity (Wildman–Crippen MR) is 119 cm³/mol. The number of carbonyl (C=O) groups excluding carboxylic acids is 1. The molecule has 3 aromatic rings. The quantitative estimate of drug-likeness (QED) is 0.351. The monoisotopic (exact) mass is 421 g/mol. The van der Waals surface area contributed by atoms with E-state index in [-0.39, 0.29) is 22.4 Å². The lowest BCUT2D eigenvalue weighted by Crippen LogP contribution is -2.38. The molecule has 0 spiro atoms. The Morgan fingerprint density at radius 2 is 1.57 bits per heavy atom. The molecule has 0 heterocycles. The Labute approximate surface area is 178 Å². The molecule has 0 aliphatic carbocycles. The first kappa shape index (κ1) is 20.9. The number of nitrogens with zero attached hydrogens (tertiary/aromatic N) is 1. The number of methoxy groups -OCH3 is 1. The van der Waals surface area contributed by atoms with Crippen molar-refractivity contribution in [2.45, 2.75) is 5.92 Å². The maximum atomic E-state index is 13.1. The zero-order chi connectivity index (χ0) is 21.5. The standard InChI is InChI=1S/C22H19N3O4S/c1-29-19-13-12-17(25(27)28)14-18(19)23-22(30)24-21(26)20(15-8-4-2-5-9-15)16-10-6-3-7-11-16/h2-14,20H,1H3,(H2,23,24,26,30). The van der Waals surface area contributed by atoms with Gasteiger partial charge in [0, 0.05) is 12.1 Å². The molecule has 0 aromatic heterocycles. The van der Waals surface area contributed by atoms with Crippen LogP contribution in [0.4, 0.5) is 11.4 Å². The molecule has 0 saturated heterocycles. The number of carbonyl (C=O) groups is 1. The molecule has 30 heavy (non-hydrogen) atoms. The van der Waals surface area contributed by atoms with E-state index in [1.54, 1.807) is 0 Å². The summed E-state index contributed by atoms with van der Waals surface area (Å²) in [7, 11) is 1.44. The molecule has 1 amide bonds. The highest BCUT2D eigenvalue weighted by molar-refractivity contribution is 7.80. The number of benzene rings is 3. The number of rotatable bonds is 6. The van der Waals surface area contributed by atoms with E-state index in [2.05, 4.69) is 10.6 Å². The third-order valence-corrected chi connectivity index (χ3v) is 4.61. The maximum absolute atomic E-state index is 13.1. The Hall–Kier alpha value is -3.78. The average molecular weight is 421 g/mol. The van der Waals surface area contributed by atoms with Crippen molar-refractivity contribution in [1.82, 2.24) is 5.32 Å². The molecule has 152 valence electrons. The summed E-state index contributed by atoms with van der Waals surface area (Å²) in [5.41, 5.74) is 1.79. The van der Waals surface area contributed by atoms with Crippen LogP contribution in [0.25, 0.3) is 0 Å². The highest BCUT2D eigenvalue weighted by Gasteiger charge is 2.23. The summed E-state index contributed by atoms with van der Waals surface area (Å²) >= 11 is 5.28. The van der Waals surface area contributed by atoms with Gasteiger partial charge in [-0.25, -0.2) is 0 Å². The Morgan fingerprint density at radius 1 is 1.00 bits per heavy atom. The van der Waals surface area contributed by atoms with Crippen LogP contribution in [0.2, 0.25) is 0 Å². The van der Waals surface area contributed by atoms with Gasteiger partial charge >= 0.3 is 0 Å². The molecule has 0 aliphatic heterocycles. The number of thiocarbonyl (C=S) groups is 1. The molecule has 0 radical (unpaired) electrons. The van der Waals surface area contributed by atoms with E-state index in [1.165, 1.54) is 25.3 Å². The highest BCUT2D eigenvalue weighted by Crippen LogP contribution is 2.29. The predicted octanol–water partition coefficient (Wildman–Crippen LogP) is 4.25. The second-order valence-electron chi connectivity index (χ2n) is 6.34. The molecule has 0 unspecified atom stereocenters. The van der Waals surface area contributed by atoms with Crippen molar-refractivity contribution in [3.8, 4) is 5.75 Å². The Morgan fingerprint density at radius 3 is 2.07 bits per heavy atom. The Balaban J connectivity index is 1.82. The van der Waals surface area contributed by atoms with Crippen LogP contribution in [0.1, 0.15) is 17.0 Å². The van der Waals surface area contributed by atoms with Crippen molar-refractivity contribution >= 4 is 34.6 Å². The SMILES string of the molecule is COc1ccc([N+](=O)[O-])cc1NC(=S)NC(=O)C(c1ccccc1)c1ccccc1. The second kappa shape index (κ2) is 9.62. The van der Waals surface area contributed by atoms with Crippen LogP contribution < -0.4 is 15.4 Å². The minimum Gasteiger partial charge on any atom is -0.495 e. The van der Waals surface area contributed by atoms with Crippen molar-refractivity contribution in [3.63, 3.8) is 0 Å². The summed E-state index contributed by atoms with van der Waals surface area (Å²) in [5.74, 6) is -0.534. The van der Waals surface area contributed by atoms with Crippen LogP contribution in [-0.2, 0) is 4.79 Å². The molecule has 0 saturated carbocycles. The van der Waals surface area contributed by atoms with Gasteiger partial charge in [-0.1, -0.05) is 60.7 Å². The van der Waals surface area contributed by atoms with Crippen LogP contribution in [0.5, 0.6) is 5.75 Å². The molecular formula is C22H19N3O4S. The fraction of sp³-hybridized carbons (Fsp3) is 0.0909. The van der Waals surface area contributed by atoms with E-state index in [0.717, 1.165) is 11.1 Å². The summed E-state index contributed by atoms with van der Waals surface area (Å²) in [6.07, 6.45) is 0. The smallest absolute Gasteiger partial charge is 0.271 e. The van der Waals surface area contributed by atoms with E-state index in [4.69, 9.17) is 17.0 Å². The first-order chi connectivity index (χ1) is 14.5. The topological polar surface area (TPSA) is 93.5 Å². The fourth-order valence-corrected chi connectivity index (χ4v) is 3.24. The first-order valence-corrected chi connectivity index (χ1v) is 9.44. The van der Waals surface area contributed by atoms with Gasteiger partial charge in [0.05, 0.1) is 23.6 Å². The number of amides is 1. The minimum atomic E-state index is -0.570. The molecule has 3 aromatic carbocycles. The fourth-order valence-electron chi connectivity index (χ4n) is 3.03. The third kappa shape index (κ3) is 4.98. The molecule has 7 nitrogen and oxygen atoms in total. The first-order valence-electron chi connectivity index (χ1n) is 9.03. The van der Waals surface area contributed by atoms with Crippen molar-refractivity contribution in [3.05, 3.63) is 100 Å². The van der Waals surface area contributed by atoms with E-state index >= 15 is 0 Å². The Bertz CT molecular complexity index is 1020. The minimum absolute atomic E-state index is 0.00987. The molecule has 2 N–H and O–H groups in total. The van der Waals surface area contributed by atoms with Gasteiger partial charge < -0.3 is 15.4 Å². The maximum Gasteiger partial charge on any atom is 0.271 e. The third-order valence-electron chi connectivity index (χ3n) is 4.41. The van der Waals surface area contributed by atoms with E-state index in [0.29, 0.717) is 5.75 Å². The molecule has 0 atom stereocenters. The van der Waals surface area contributed by atoms with Crippen LogP contribution in [0, 0.1) is 10.1 Å². The zero-order valence-corrected chi connectivity index (χ0v) is 16.9. The largest absolute Gasteiger partial charge is 0.495 e. The number of ether oxygens (including phenoxy) is 1. The summed E-state index contributed by atoms with van der Waals surface area (Å²) in [5, 5.41) is 16.6. The molecular weight excluding hydrogens is 402 g/mol. The lowest BCUT2D eigenvalue weighted by atomic mass is 9.90. The number of non-ortho nitro benzene ring substituents is 1. The van der Waals surface area contributed by atoms with Crippen molar-refractivity contribution in [1.29, 1.82) is 0 Å². The van der Waals surface area contributed by atoms with E-state index in [9.17, 15) is 14.9 Å². The number of nitro benzene ring substituents is 1. The molecule has 0 fully saturated rings. The van der Waals surface area contributed by atoms with Gasteiger partial charge in [-0.2, -0.15) is 0 Å². The normalized spacial score (nSPS) is 10.3. The van der Waals surface area contributed by atoms with Crippen molar-refractivity contribution < 1.29 is 14.5 Å².